The molecular formula is C13H22BrN3O2. The Morgan fingerprint density at radius 2 is 2.16 bits per heavy atom. The SMILES string of the molecule is COCC(Br)CN(C)c1nccn(C(C)(C)C)c1=O. The Balaban J connectivity index is 2.99. The van der Waals surface area contributed by atoms with Crippen LogP contribution in [0, 0.1) is 0 Å². The predicted molar refractivity (Wildman–Crippen MR) is 81.4 cm³/mol. The maximum atomic E-state index is 12.4. The molecule has 1 atom stereocenters. The summed E-state index contributed by atoms with van der Waals surface area (Å²) in [6, 6.07) is 0. The molecule has 19 heavy (non-hydrogen) atoms. The highest BCUT2D eigenvalue weighted by molar-refractivity contribution is 9.09. The van der Waals surface area contributed by atoms with E-state index < -0.39 is 0 Å². The lowest BCUT2D eigenvalue weighted by Crippen LogP contribution is -2.39. The van der Waals surface area contributed by atoms with Crippen LogP contribution >= 0.6 is 15.9 Å². The van der Waals surface area contributed by atoms with Crippen molar-refractivity contribution in [1.29, 1.82) is 0 Å². The van der Waals surface area contributed by atoms with E-state index in [9.17, 15) is 4.79 Å². The second-order valence-electron chi connectivity index (χ2n) is 5.53. The van der Waals surface area contributed by atoms with Crippen LogP contribution in [0.5, 0.6) is 0 Å². The van der Waals surface area contributed by atoms with Crippen molar-refractivity contribution in [2.75, 3.05) is 32.2 Å². The minimum absolute atomic E-state index is 0.0744. The third kappa shape index (κ3) is 4.31. The third-order valence-corrected chi connectivity index (χ3v) is 3.28. The second kappa shape index (κ2) is 6.52. The van der Waals surface area contributed by atoms with Crippen LogP contribution in [0.4, 0.5) is 5.82 Å². The van der Waals surface area contributed by atoms with Gasteiger partial charge in [0.15, 0.2) is 5.82 Å². The molecule has 0 saturated heterocycles. The van der Waals surface area contributed by atoms with Crippen LogP contribution in [0.3, 0.4) is 0 Å². The van der Waals surface area contributed by atoms with Crippen molar-refractivity contribution in [2.45, 2.75) is 31.1 Å². The predicted octanol–water partition coefficient (Wildman–Crippen LogP) is 1.84. The quantitative estimate of drug-likeness (QED) is 0.772. The smallest absolute Gasteiger partial charge is 0.293 e. The Hall–Kier alpha value is -0.880. The molecule has 1 rings (SSSR count). The Morgan fingerprint density at radius 3 is 2.68 bits per heavy atom. The van der Waals surface area contributed by atoms with Gasteiger partial charge in [0.25, 0.3) is 5.56 Å². The summed E-state index contributed by atoms with van der Waals surface area (Å²) in [7, 11) is 3.52. The highest BCUT2D eigenvalue weighted by Gasteiger charge is 2.19. The summed E-state index contributed by atoms with van der Waals surface area (Å²) >= 11 is 3.52. The zero-order chi connectivity index (χ0) is 14.6. The van der Waals surface area contributed by atoms with Gasteiger partial charge in [0.2, 0.25) is 0 Å². The van der Waals surface area contributed by atoms with E-state index in [4.69, 9.17) is 4.74 Å². The van der Waals surface area contributed by atoms with Crippen LogP contribution in [0.1, 0.15) is 20.8 Å². The summed E-state index contributed by atoms with van der Waals surface area (Å²) in [4.78, 5) is 18.6. The molecule has 5 nitrogen and oxygen atoms in total. The number of aromatic nitrogens is 2. The van der Waals surface area contributed by atoms with Crippen LogP contribution in [-0.2, 0) is 10.3 Å². The maximum absolute atomic E-state index is 12.4. The van der Waals surface area contributed by atoms with Crippen LogP contribution in [-0.4, -0.2) is 41.7 Å². The minimum Gasteiger partial charge on any atom is -0.383 e. The zero-order valence-electron chi connectivity index (χ0n) is 12.2. The fourth-order valence-electron chi connectivity index (χ4n) is 1.81. The van der Waals surface area contributed by atoms with Crippen molar-refractivity contribution in [1.82, 2.24) is 9.55 Å². The Bertz CT molecular complexity index is 468. The highest BCUT2D eigenvalue weighted by Crippen LogP contribution is 2.13. The van der Waals surface area contributed by atoms with Crippen molar-refractivity contribution >= 4 is 21.7 Å². The molecule has 6 heteroatoms. The number of rotatable bonds is 5. The monoisotopic (exact) mass is 331 g/mol. The van der Waals surface area contributed by atoms with Gasteiger partial charge in [-0.25, -0.2) is 4.98 Å². The molecule has 0 amide bonds. The molecule has 0 fully saturated rings. The van der Waals surface area contributed by atoms with Crippen molar-refractivity contribution in [3.63, 3.8) is 0 Å². The van der Waals surface area contributed by atoms with Crippen molar-refractivity contribution in [2.24, 2.45) is 0 Å². The number of ether oxygens (including phenoxy) is 1. The van der Waals surface area contributed by atoms with Crippen LogP contribution in [0.2, 0.25) is 0 Å². The topological polar surface area (TPSA) is 47.4 Å². The first kappa shape index (κ1) is 16.2. The van der Waals surface area contributed by atoms with Crippen molar-refractivity contribution in [3.8, 4) is 0 Å². The average molecular weight is 332 g/mol. The lowest BCUT2D eigenvalue weighted by molar-refractivity contribution is 0.201. The number of halogens is 1. The third-order valence-electron chi connectivity index (χ3n) is 2.73. The molecule has 0 N–H and O–H groups in total. The van der Waals surface area contributed by atoms with Gasteiger partial charge in [-0.2, -0.15) is 0 Å². The normalized spacial score (nSPS) is 13.4. The zero-order valence-corrected chi connectivity index (χ0v) is 13.8. The highest BCUT2D eigenvalue weighted by atomic mass is 79.9. The van der Waals surface area contributed by atoms with Crippen molar-refractivity contribution in [3.05, 3.63) is 22.7 Å². The van der Waals surface area contributed by atoms with Gasteiger partial charge in [-0.3, -0.25) is 4.79 Å². The van der Waals surface area contributed by atoms with Crippen molar-refractivity contribution < 1.29 is 4.74 Å². The molecule has 0 aromatic carbocycles. The van der Waals surface area contributed by atoms with E-state index in [1.54, 1.807) is 24.1 Å². The molecule has 0 bridgehead atoms. The molecule has 1 heterocycles. The van der Waals surface area contributed by atoms with Gasteiger partial charge in [-0.1, -0.05) is 15.9 Å². The van der Waals surface area contributed by atoms with Crippen LogP contribution in [0.25, 0.3) is 0 Å². The fraction of sp³-hybridized carbons (Fsp3) is 0.692. The first-order valence-corrected chi connectivity index (χ1v) is 7.11. The molecule has 1 aromatic rings. The number of hydrogen-bond donors (Lipinski definition) is 0. The number of nitrogens with zero attached hydrogens (tertiary/aromatic N) is 3. The molecule has 1 aromatic heterocycles. The first-order valence-electron chi connectivity index (χ1n) is 6.19. The molecule has 0 aliphatic rings. The summed E-state index contributed by atoms with van der Waals surface area (Å²) in [5.41, 5.74) is -0.328. The average Bonchev–Trinajstić information content (AvgIpc) is 2.27. The number of methoxy groups -OCH3 is 1. The van der Waals surface area contributed by atoms with Gasteiger partial charge in [0.1, 0.15) is 0 Å². The van der Waals surface area contributed by atoms with E-state index in [0.717, 1.165) is 0 Å². The largest absolute Gasteiger partial charge is 0.383 e. The van der Waals surface area contributed by atoms with Gasteiger partial charge < -0.3 is 14.2 Å². The van der Waals surface area contributed by atoms with Gasteiger partial charge in [0, 0.05) is 38.6 Å². The number of alkyl halides is 1. The van der Waals surface area contributed by atoms with E-state index in [1.165, 1.54) is 0 Å². The molecule has 1 unspecified atom stereocenters. The maximum Gasteiger partial charge on any atom is 0.293 e. The first-order chi connectivity index (χ1) is 8.77. The molecule has 0 saturated carbocycles. The Kier molecular flexibility index (Phi) is 5.55. The van der Waals surface area contributed by atoms with Gasteiger partial charge in [-0.15, -0.1) is 0 Å². The van der Waals surface area contributed by atoms with Crippen LogP contribution in [0.15, 0.2) is 17.2 Å². The van der Waals surface area contributed by atoms with E-state index in [1.807, 2.05) is 32.7 Å². The van der Waals surface area contributed by atoms with E-state index in [0.29, 0.717) is 19.0 Å². The van der Waals surface area contributed by atoms with E-state index in [-0.39, 0.29) is 15.9 Å². The summed E-state index contributed by atoms with van der Waals surface area (Å²) in [6.45, 7) is 7.23. The van der Waals surface area contributed by atoms with Crippen LogP contribution < -0.4 is 10.5 Å². The molecule has 0 aliphatic heterocycles. The van der Waals surface area contributed by atoms with Gasteiger partial charge in [0.05, 0.1) is 11.4 Å². The Morgan fingerprint density at radius 1 is 1.53 bits per heavy atom. The van der Waals surface area contributed by atoms with Gasteiger partial charge >= 0.3 is 0 Å². The number of hydrogen-bond acceptors (Lipinski definition) is 4. The Labute approximate surface area is 122 Å². The fourth-order valence-corrected chi connectivity index (χ4v) is 2.51. The minimum atomic E-state index is -0.254. The lowest BCUT2D eigenvalue weighted by Gasteiger charge is -2.25. The molecule has 0 aliphatic carbocycles. The molecule has 108 valence electrons. The van der Waals surface area contributed by atoms with E-state index >= 15 is 0 Å². The summed E-state index contributed by atoms with van der Waals surface area (Å²) < 4.78 is 6.77. The van der Waals surface area contributed by atoms with Gasteiger partial charge in [-0.05, 0) is 20.8 Å². The summed E-state index contributed by atoms with van der Waals surface area (Å²) in [6.07, 6.45) is 3.39. The van der Waals surface area contributed by atoms with E-state index in [2.05, 4.69) is 20.9 Å². The summed E-state index contributed by atoms with van der Waals surface area (Å²) in [5.74, 6) is 0.456. The number of anilines is 1. The second-order valence-corrected chi connectivity index (χ2v) is 6.82. The molecular weight excluding hydrogens is 310 g/mol. The standard InChI is InChI=1S/C13H22BrN3O2/c1-13(2,3)17-7-6-15-11(12(17)18)16(4)8-10(14)9-19-5/h6-7,10H,8-9H2,1-5H3. The molecule has 0 radical (unpaired) electrons. The molecule has 0 spiro atoms. The lowest BCUT2D eigenvalue weighted by atomic mass is 10.1. The summed E-state index contributed by atoms with van der Waals surface area (Å²) in [5, 5.41) is 0.